The topological polar surface area (TPSA) is 104 Å². The van der Waals surface area contributed by atoms with Gasteiger partial charge in [0.25, 0.3) is 0 Å². The standard InChI is InChI=1S/C28H31BrClFN4O5/c1-17(26(36)32-2)33-27(37)22(12-14-39-23-7-4-13-38-23)24-25(29)34-28(40-21-6-3-5-20(31)15-21)35(24)16-18-8-10-19(30)11-9-18/h3,5-6,8-11,15,17,22-23H,4,7,12-14,16H2,1-2H3,(H,32,36)(H,33,37). The molecule has 3 atom stereocenters. The molecule has 214 valence electrons. The summed E-state index contributed by atoms with van der Waals surface area (Å²) in [5.41, 5.74) is 1.38. The molecular formula is C28H31BrClFN4O5. The van der Waals surface area contributed by atoms with E-state index >= 15 is 0 Å². The van der Waals surface area contributed by atoms with Crippen molar-refractivity contribution in [3.05, 3.63) is 75.2 Å². The summed E-state index contributed by atoms with van der Waals surface area (Å²) in [5, 5.41) is 5.92. The van der Waals surface area contributed by atoms with E-state index in [1.165, 1.54) is 25.2 Å². The zero-order valence-electron chi connectivity index (χ0n) is 22.2. The van der Waals surface area contributed by atoms with Crippen LogP contribution >= 0.6 is 27.5 Å². The number of benzene rings is 2. The van der Waals surface area contributed by atoms with Crippen molar-refractivity contribution < 1.29 is 28.2 Å². The number of aromatic nitrogens is 2. The molecule has 12 heteroatoms. The van der Waals surface area contributed by atoms with Crippen LogP contribution in [0.25, 0.3) is 0 Å². The van der Waals surface area contributed by atoms with Crippen molar-refractivity contribution in [2.45, 2.75) is 51.0 Å². The number of ether oxygens (including phenoxy) is 3. The maximum atomic E-state index is 13.9. The fourth-order valence-corrected chi connectivity index (χ4v) is 5.14. The second-order valence-electron chi connectivity index (χ2n) is 9.34. The number of amides is 2. The number of hydrogen-bond donors (Lipinski definition) is 2. The highest BCUT2D eigenvalue weighted by Gasteiger charge is 2.32. The molecule has 2 amide bonds. The molecule has 1 aliphatic heterocycles. The minimum atomic E-state index is -0.785. The van der Waals surface area contributed by atoms with E-state index in [0.29, 0.717) is 21.9 Å². The largest absolute Gasteiger partial charge is 0.425 e. The van der Waals surface area contributed by atoms with Gasteiger partial charge in [-0.1, -0.05) is 29.8 Å². The lowest BCUT2D eigenvalue weighted by molar-refractivity contribution is -0.131. The Hall–Kier alpha value is -2.99. The van der Waals surface area contributed by atoms with Crippen molar-refractivity contribution in [2.24, 2.45) is 0 Å². The molecule has 40 heavy (non-hydrogen) atoms. The first-order valence-electron chi connectivity index (χ1n) is 12.9. The van der Waals surface area contributed by atoms with Crippen molar-refractivity contribution in [3.8, 4) is 11.8 Å². The number of rotatable bonds is 12. The van der Waals surface area contributed by atoms with Crippen LogP contribution in [-0.2, 0) is 25.6 Å². The summed E-state index contributed by atoms with van der Waals surface area (Å²) in [6, 6.07) is 12.3. The van der Waals surface area contributed by atoms with Crippen LogP contribution in [0.4, 0.5) is 4.39 Å². The Kier molecular flexibility index (Phi) is 10.5. The molecule has 3 aromatic rings. The monoisotopic (exact) mass is 636 g/mol. The van der Waals surface area contributed by atoms with Gasteiger partial charge in [-0.05, 0) is 65.5 Å². The third kappa shape index (κ3) is 7.81. The number of carbonyl (C=O) groups is 2. The highest BCUT2D eigenvalue weighted by molar-refractivity contribution is 9.10. The van der Waals surface area contributed by atoms with Gasteiger partial charge in [0.2, 0.25) is 11.8 Å². The van der Waals surface area contributed by atoms with Crippen molar-refractivity contribution in [1.29, 1.82) is 0 Å². The van der Waals surface area contributed by atoms with E-state index in [1.807, 2.05) is 12.1 Å². The van der Waals surface area contributed by atoms with Crippen LogP contribution < -0.4 is 15.4 Å². The van der Waals surface area contributed by atoms with Crippen LogP contribution in [0.15, 0.2) is 53.1 Å². The Morgan fingerprint density at radius 3 is 2.70 bits per heavy atom. The van der Waals surface area contributed by atoms with Crippen LogP contribution in [0.2, 0.25) is 5.02 Å². The molecule has 9 nitrogen and oxygen atoms in total. The van der Waals surface area contributed by atoms with E-state index < -0.39 is 17.8 Å². The van der Waals surface area contributed by atoms with Gasteiger partial charge in [0, 0.05) is 31.2 Å². The van der Waals surface area contributed by atoms with Crippen molar-refractivity contribution in [3.63, 3.8) is 0 Å². The molecule has 0 radical (unpaired) electrons. The molecule has 0 saturated carbocycles. The first-order valence-corrected chi connectivity index (χ1v) is 14.1. The number of hydrogen-bond acceptors (Lipinski definition) is 6. The highest BCUT2D eigenvalue weighted by Crippen LogP contribution is 2.35. The summed E-state index contributed by atoms with van der Waals surface area (Å²) >= 11 is 9.62. The molecule has 2 heterocycles. The third-order valence-electron chi connectivity index (χ3n) is 6.43. The van der Waals surface area contributed by atoms with Crippen LogP contribution in [0.1, 0.15) is 43.4 Å². The maximum Gasteiger partial charge on any atom is 0.303 e. The zero-order valence-corrected chi connectivity index (χ0v) is 24.5. The predicted molar refractivity (Wildman–Crippen MR) is 151 cm³/mol. The maximum absolute atomic E-state index is 13.9. The quantitative estimate of drug-likeness (QED) is 0.285. The first kappa shape index (κ1) is 30.0. The molecule has 1 aliphatic rings. The van der Waals surface area contributed by atoms with Crippen molar-refractivity contribution in [2.75, 3.05) is 20.3 Å². The SMILES string of the molecule is CNC(=O)C(C)NC(=O)C(CCOC1CCCO1)c1c(Br)nc(Oc2cccc(F)c2)n1Cc1ccc(Cl)cc1. The van der Waals surface area contributed by atoms with Crippen LogP contribution in [0.3, 0.4) is 0 Å². The normalized spacial score (nSPS) is 16.4. The van der Waals surface area contributed by atoms with Crippen LogP contribution in [0.5, 0.6) is 11.8 Å². The van der Waals surface area contributed by atoms with Crippen molar-refractivity contribution in [1.82, 2.24) is 20.2 Å². The molecule has 1 aromatic heterocycles. The number of nitrogens with zero attached hydrogens (tertiary/aromatic N) is 2. The molecule has 0 bridgehead atoms. The number of imidazole rings is 1. The second-order valence-corrected chi connectivity index (χ2v) is 10.5. The van der Waals surface area contributed by atoms with Crippen LogP contribution in [-0.4, -0.2) is 54.0 Å². The Labute approximate surface area is 245 Å². The Balaban J connectivity index is 1.71. The lowest BCUT2D eigenvalue weighted by Gasteiger charge is -2.23. The molecule has 3 unspecified atom stereocenters. The third-order valence-corrected chi connectivity index (χ3v) is 7.26. The first-order chi connectivity index (χ1) is 19.2. The van der Waals surface area contributed by atoms with Gasteiger partial charge in [0.1, 0.15) is 22.2 Å². The fraction of sp³-hybridized carbons (Fsp3) is 0.393. The second kappa shape index (κ2) is 14.1. The van der Waals surface area contributed by atoms with Crippen LogP contribution in [0, 0.1) is 5.82 Å². The number of nitrogens with one attached hydrogen (secondary N) is 2. The Bertz CT molecular complexity index is 1320. The summed E-state index contributed by atoms with van der Waals surface area (Å²) in [4.78, 5) is 30.4. The van der Waals surface area contributed by atoms with E-state index in [2.05, 4.69) is 31.5 Å². The summed E-state index contributed by atoms with van der Waals surface area (Å²) in [5.74, 6) is -1.71. The molecule has 0 spiro atoms. The molecular weight excluding hydrogens is 607 g/mol. The van der Waals surface area contributed by atoms with E-state index in [9.17, 15) is 14.0 Å². The van der Waals surface area contributed by atoms with Gasteiger partial charge in [-0.3, -0.25) is 14.2 Å². The number of carbonyl (C=O) groups excluding carboxylic acids is 2. The molecule has 2 aromatic carbocycles. The lowest BCUT2D eigenvalue weighted by Crippen LogP contribution is -2.45. The van der Waals surface area contributed by atoms with E-state index in [4.69, 9.17) is 25.8 Å². The van der Waals surface area contributed by atoms with Crippen molar-refractivity contribution >= 4 is 39.3 Å². The summed E-state index contributed by atoms with van der Waals surface area (Å²) in [6.45, 7) is 2.75. The molecule has 0 aliphatic carbocycles. The predicted octanol–water partition coefficient (Wildman–Crippen LogP) is 5.16. The zero-order chi connectivity index (χ0) is 28.6. The highest BCUT2D eigenvalue weighted by atomic mass is 79.9. The summed E-state index contributed by atoms with van der Waals surface area (Å²) in [6.07, 6.45) is 1.66. The Morgan fingerprint density at radius 1 is 1.25 bits per heavy atom. The van der Waals surface area contributed by atoms with Gasteiger partial charge in [-0.25, -0.2) is 4.39 Å². The van der Waals surface area contributed by atoms with Gasteiger partial charge >= 0.3 is 6.01 Å². The van der Waals surface area contributed by atoms with Gasteiger partial charge in [0.05, 0.1) is 24.8 Å². The minimum Gasteiger partial charge on any atom is -0.425 e. The average Bonchev–Trinajstić information content (AvgIpc) is 3.55. The lowest BCUT2D eigenvalue weighted by atomic mass is 10.00. The number of likely N-dealkylation sites (N-methyl/N-ethyl adjacent to an activating group) is 1. The number of halogens is 3. The molecule has 1 saturated heterocycles. The van der Waals surface area contributed by atoms with Gasteiger partial charge in [-0.15, -0.1) is 0 Å². The van der Waals surface area contributed by atoms with E-state index in [0.717, 1.165) is 18.4 Å². The van der Waals surface area contributed by atoms with Gasteiger partial charge in [-0.2, -0.15) is 4.98 Å². The molecule has 4 rings (SSSR count). The van der Waals surface area contributed by atoms with Gasteiger partial charge in [0.15, 0.2) is 6.29 Å². The van der Waals surface area contributed by atoms with E-state index in [-0.39, 0.29) is 49.4 Å². The van der Waals surface area contributed by atoms with E-state index in [1.54, 1.807) is 29.7 Å². The average molecular weight is 638 g/mol. The summed E-state index contributed by atoms with van der Waals surface area (Å²) in [7, 11) is 1.51. The summed E-state index contributed by atoms with van der Waals surface area (Å²) < 4.78 is 33.5. The fourth-order valence-electron chi connectivity index (χ4n) is 4.37. The smallest absolute Gasteiger partial charge is 0.303 e. The molecule has 2 N–H and O–H groups in total. The minimum absolute atomic E-state index is 0.152. The van der Waals surface area contributed by atoms with Gasteiger partial charge < -0.3 is 24.8 Å². The Morgan fingerprint density at radius 2 is 2.02 bits per heavy atom. The molecule has 1 fully saturated rings.